The zero-order valence-electron chi connectivity index (χ0n) is 7.12. The van der Waals surface area contributed by atoms with Gasteiger partial charge in [0, 0.05) is 7.05 Å². The number of amides is 3. The first-order valence-corrected chi connectivity index (χ1v) is 3.45. The van der Waals surface area contributed by atoms with Gasteiger partial charge in [-0.15, -0.1) is 0 Å². The lowest BCUT2D eigenvalue weighted by Gasteiger charge is -2.35. The Bertz CT molecular complexity index is 280. The monoisotopic (exact) mass is 169 g/mol. The second-order valence-electron chi connectivity index (χ2n) is 3.19. The molecular weight excluding hydrogens is 160 g/mol. The summed E-state index contributed by atoms with van der Waals surface area (Å²) in [5.74, 6) is -1.18. The molecule has 5 nitrogen and oxygen atoms in total. The van der Waals surface area contributed by atoms with Gasteiger partial charge in [0.1, 0.15) is 0 Å². The summed E-state index contributed by atoms with van der Waals surface area (Å²) in [6.45, 7) is 2.90. The molecule has 0 bridgehead atoms. The standard InChI is InChI=1S/C7H10N2O3/c1-7(2)4(10)8-6(12)9(3)5(7)11/h1-3H3,(H,8,10,12)/p-1. The van der Waals surface area contributed by atoms with Crippen molar-refractivity contribution in [3.8, 4) is 0 Å². The highest BCUT2D eigenvalue weighted by molar-refractivity contribution is 6.14. The van der Waals surface area contributed by atoms with E-state index in [0.29, 0.717) is 0 Å². The number of aliphatic imine (C=N–C) groups is 1. The molecule has 1 rings (SSSR count). The van der Waals surface area contributed by atoms with Gasteiger partial charge >= 0.3 is 6.03 Å². The third kappa shape index (κ3) is 0.975. The quantitative estimate of drug-likeness (QED) is 0.484. The van der Waals surface area contributed by atoms with E-state index in [1.165, 1.54) is 20.9 Å². The van der Waals surface area contributed by atoms with Crippen molar-refractivity contribution in [3.63, 3.8) is 0 Å². The van der Waals surface area contributed by atoms with Gasteiger partial charge in [-0.05, 0) is 19.7 Å². The largest absolute Gasteiger partial charge is 0.861 e. The first kappa shape index (κ1) is 8.70. The Morgan fingerprint density at radius 2 is 1.92 bits per heavy atom. The van der Waals surface area contributed by atoms with Crippen LogP contribution in [0.25, 0.3) is 0 Å². The number of imide groups is 1. The van der Waals surface area contributed by atoms with Crippen molar-refractivity contribution in [3.05, 3.63) is 0 Å². The van der Waals surface area contributed by atoms with Crippen molar-refractivity contribution in [2.24, 2.45) is 10.4 Å². The van der Waals surface area contributed by atoms with Gasteiger partial charge < -0.3 is 5.11 Å². The van der Waals surface area contributed by atoms with Gasteiger partial charge in [0.05, 0.1) is 5.41 Å². The summed E-state index contributed by atoms with van der Waals surface area (Å²) in [5, 5.41) is 11.0. The molecule has 0 aromatic carbocycles. The van der Waals surface area contributed by atoms with Gasteiger partial charge in [-0.1, -0.05) is 0 Å². The molecule has 0 aromatic heterocycles. The van der Waals surface area contributed by atoms with Gasteiger partial charge in [0.25, 0.3) is 0 Å². The lowest BCUT2D eigenvalue weighted by atomic mass is 9.90. The van der Waals surface area contributed by atoms with Crippen LogP contribution in [-0.4, -0.2) is 29.8 Å². The van der Waals surface area contributed by atoms with Crippen molar-refractivity contribution in [2.45, 2.75) is 13.8 Å². The zero-order chi connectivity index (χ0) is 9.52. The van der Waals surface area contributed by atoms with Crippen LogP contribution in [0.4, 0.5) is 4.79 Å². The number of nitrogens with zero attached hydrogens (tertiary/aromatic N) is 2. The van der Waals surface area contributed by atoms with Crippen LogP contribution in [0, 0.1) is 5.41 Å². The summed E-state index contributed by atoms with van der Waals surface area (Å²) in [6.07, 6.45) is 0. The molecule has 1 aliphatic rings. The molecule has 0 aliphatic carbocycles. The molecule has 0 radical (unpaired) electrons. The number of carbonyl (C=O) groups excluding carboxylic acids is 2. The van der Waals surface area contributed by atoms with Gasteiger partial charge in [-0.3, -0.25) is 9.69 Å². The molecule has 1 aliphatic heterocycles. The molecule has 12 heavy (non-hydrogen) atoms. The van der Waals surface area contributed by atoms with E-state index in [9.17, 15) is 14.7 Å². The van der Waals surface area contributed by atoms with Crippen molar-refractivity contribution in [1.82, 2.24) is 4.90 Å². The maximum atomic E-state index is 11.3. The summed E-state index contributed by atoms with van der Waals surface area (Å²) < 4.78 is 0. The smallest absolute Gasteiger partial charge is 0.349 e. The minimum absolute atomic E-state index is 0.507. The normalized spacial score (nSPS) is 22.6. The molecule has 0 unspecified atom stereocenters. The molecule has 0 saturated heterocycles. The van der Waals surface area contributed by atoms with Crippen molar-refractivity contribution >= 4 is 17.8 Å². The average Bonchev–Trinajstić information content (AvgIpc) is 1.99. The molecule has 5 heteroatoms. The van der Waals surface area contributed by atoms with Gasteiger partial charge in [-0.25, -0.2) is 9.79 Å². The van der Waals surface area contributed by atoms with E-state index in [4.69, 9.17) is 0 Å². The Morgan fingerprint density at radius 3 is 2.42 bits per heavy atom. The van der Waals surface area contributed by atoms with Gasteiger partial charge in [0.2, 0.25) is 5.91 Å². The molecule has 0 atom stereocenters. The number of rotatable bonds is 0. The topological polar surface area (TPSA) is 72.8 Å². The minimum Gasteiger partial charge on any atom is -0.861 e. The van der Waals surface area contributed by atoms with Crippen LogP contribution in [0.3, 0.4) is 0 Å². The van der Waals surface area contributed by atoms with E-state index in [1.807, 2.05) is 0 Å². The van der Waals surface area contributed by atoms with E-state index in [0.717, 1.165) is 4.90 Å². The van der Waals surface area contributed by atoms with Crippen LogP contribution in [-0.2, 0) is 4.79 Å². The highest BCUT2D eigenvalue weighted by Gasteiger charge is 2.37. The fourth-order valence-corrected chi connectivity index (χ4v) is 0.899. The van der Waals surface area contributed by atoms with Crippen LogP contribution in [0.2, 0.25) is 0 Å². The SMILES string of the molecule is CN1C(=O)N=C([O-])C(C)(C)C1=O. The third-order valence-electron chi connectivity index (χ3n) is 1.86. The molecule has 0 fully saturated rings. The Morgan fingerprint density at radius 1 is 1.42 bits per heavy atom. The zero-order valence-corrected chi connectivity index (χ0v) is 7.12. The van der Waals surface area contributed by atoms with Gasteiger partial charge in [0.15, 0.2) is 0 Å². The lowest BCUT2D eigenvalue weighted by Crippen LogP contribution is -2.53. The van der Waals surface area contributed by atoms with E-state index < -0.39 is 23.3 Å². The molecule has 0 aromatic rings. The van der Waals surface area contributed by atoms with E-state index in [2.05, 4.69) is 4.99 Å². The van der Waals surface area contributed by atoms with Crippen molar-refractivity contribution in [2.75, 3.05) is 7.05 Å². The Labute approximate surface area is 69.7 Å². The van der Waals surface area contributed by atoms with Crippen LogP contribution in [0.1, 0.15) is 13.8 Å². The first-order chi connectivity index (χ1) is 5.37. The molecule has 66 valence electrons. The second kappa shape index (κ2) is 2.30. The second-order valence-corrected chi connectivity index (χ2v) is 3.19. The highest BCUT2D eigenvalue weighted by Crippen LogP contribution is 2.22. The number of urea groups is 1. The number of hydrogen-bond acceptors (Lipinski definition) is 3. The third-order valence-corrected chi connectivity index (χ3v) is 1.86. The maximum Gasteiger partial charge on any atom is 0.349 e. The van der Waals surface area contributed by atoms with E-state index >= 15 is 0 Å². The molecule has 1 heterocycles. The number of hydrogen-bond donors (Lipinski definition) is 0. The number of carbonyl (C=O) groups is 2. The summed E-state index contributed by atoms with van der Waals surface area (Å²) in [5.41, 5.74) is -1.19. The van der Waals surface area contributed by atoms with Crippen LogP contribution in [0.5, 0.6) is 0 Å². The van der Waals surface area contributed by atoms with Crippen LogP contribution >= 0.6 is 0 Å². The average molecular weight is 169 g/mol. The van der Waals surface area contributed by atoms with Crippen LogP contribution in [0.15, 0.2) is 4.99 Å². The molecule has 0 saturated carbocycles. The van der Waals surface area contributed by atoms with E-state index in [-0.39, 0.29) is 0 Å². The summed E-state index contributed by atoms with van der Waals surface area (Å²) in [7, 11) is 1.31. The Balaban J connectivity index is 3.18. The summed E-state index contributed by atoms with van der Waals surface area (Å²) in [6, 6.07) is -0.788. The fourth-order valence-electron chi connectivity index (χ4n) is 0.899. The Kier molecular flexibility index (Phi) is 1.67. The predicted octanol–water partition coefficient (Wildman–Crippen LogP) is -0.637. The molecule has 0 N–H and O–H groups in total. The molecule has 0 spiro atoms. The molecular formula is C7H9N2O3-. The molecule has 3 amide bonds. The first-order valence-electron chi connectivity index (χ1n) is 3.45. The van der Waals surface area contributed by atoms with Crippen LogP contribution < -0.4 is 5.11 Å². The van der Waals surface area contributed by atoms with Crippen molar-refractivity contribution < 1.29 is 14.7 Å². The predicted molar refractivity (Wildman–Crippen MR) is 39.4 cm³/mol. The van der Waals surface area contributed by atoms with Gasteiger partial charge in [-0.2, -0.15) is 0 Å². The Hall–Kier alpha value is -1.39. The maximum absolute atomic E-state index is 11.3. The minimum atomic E-state index is -1.19. The summed E-state index contributed by atoms with van der Waals surface area (Å²) >= 11 is 0. The highest BCUT2D eigenvalue weighted by atomic mass is 16.3. The lowest BCUT2D eigenvalue weighted by molar-refractivity contribution is -0.230. The van der Waals surface area contributed by atoms with Crippen molar-refractivity contribution in [1.29, 1.82) is 0 Å². The fraction of sp³-hybridized carbons (Fsp3) is 0.571. The van der Waals surface area contributed by atoms with E-state index in [1.54, 1.807) is 0 Å². The summed E-state index contributed by atoms with van der Waals surface area (Å²) in [4.78, 5) is 26.2.